The summed E-state index contributed by atoms with van der Waals surface area (Å²) in [5.41, 5.74) is 6.70. The standard InChI is InChI=1S/C42H66N4O6/c1-5-8-9-10-11-12-13-14-15-16-17-18-19-20-21-22-23-24-25-29-39(48)44-30-27-26-28-37(42(50)51)46-41(49)34-31-36(43)40(45-33(4)47)38(32-34)52-35(6-2)7-3/h8-9,11-12,14-15,17-18,20-21,23-24,32,35-38,40H,5-7,10,13,16,19,22,25-31,43H2,1-4H3,(H,44,48)(H,45,47)(H,46,49)(H,50,51)/b9-8-,12-11-,15-14-,18-17-,21-20-,24-23-/t36-,37-,38+,40+/m0/s1. The lowest BCUT2D eigenvalue weighted by atomic mass is 9.87. The number of allylic oxidation sites excluding steroid dienone is 12. The van der Waals surface area contributed by atoms with Crippen LogP contribution in [0, 0.1) is 0 Å². The number of ether oxygens (including phenoxy) is 1. The highest BCUT2D eigenvalue weighted by Gasteiger charge is 2.36. The Labute approximate surface area is 312 Å². The summed E-state index contributed by atoms with van der Waals surface area (Å²) in [6.45, 7) is 7.98. The van der Waals surface area contributed by atoms with E-state index >= 15 is 0 Å². The number of carboxylic acids is 1. The molecule has 0 aromatic carbocycles. The molecule has 0 aromatic heterocycles. The lowest BCUT2D eigenvalue weighted by Gasteiger charge is -2.37. The number of hydrogen-bond donors (Lipinski definition) is 5. The molecule has 1 aliphatic carbocycles. The van der Waals surface area contributed by atoms with E-state index in [0.29, 0.717) is 37.8 Å². The number of amides is 3. The van der Waals surface area contributed by atoms with Gasteiger partial charge in [-0.2, -0.15) is 0 Å². The molecule has 0 fully saturated rings. The molecule has 0 heterocycles. The average Bonchev–Trinajstić information content (AvgIpc) is 3.11. The minimum absolute atomic E-state index is 0.0501. The van der Waals surface area contributed by atoms with Crippen LogP contribution in [-0.2, 0) is 23.9 Å². The highest BCUT2D eigenvalue weighted by atomic mass is 16.5. The van der Waals surface area contributed by atoms with Crippen LogP contribution < -0.4 is 21.7 Å². The van der Waals surface area contributed by atoms with Crippen molar-refractivity contribution >= 4 is 23.7 Å². The van der Waals surface area contributed by atoms with Gasteiger partial charge in [-0.05, 0) is 89.5 Å². The zero-order valence-electron chi connectivity index (χ0n) is 32.1. The van der Waals surface area contributed by atoms with E-state index in [-0.39, 0.29) is 30.8 Å². The molecule has 0 unspecified atom stereocenters. The lowest BCUT2D eigenvalue weighted by Crippen LogP contribution is -2.57. The van der Waals surface area contributed by atoms with Crippen LogP contribution in [0.25, 0.3) is 0 Å². The SMILES string of the molecule is CC/C=C\C/C=C\C/C=C\C/C=C\C/C=C\C/C=C\CCC(=O)NCCCC[C@H](NC(=O)C1=C[C@@H](OC(CC)CC)[C@H](NC(C)=O)[C@@H](N)C1)C(=O)O. The predicted octanol–water partition coefficient (Wildman–Crippen LogP) is 7.06. The lowest BCUT2D eigenvalue weighted by molar-refractivity contribution is -0.141. The van der Waals surface area contributed by atoms with Gasteiger partial charge in [0, 0.05) is 31.5 Å². The normalized spacial score (nSPS) is 18.7. The summed E-state index contributed by atoms with van der Waals surface area (Å²) in [6, 6.07) is -2.15. The Morgan fingerprint density at radius 2 is 1.38 bits per heavy atom. The number of rotatable bonds is 27. The van der Waals surface area contributed by atoms with Gasteiger partial charge >= 0.3 is 5.97 Å². The molecular formula is C42H66N4O6. The van der Waals surface area contributed by atoms with Crippen molar-refractivity contribution in [2.45, 2.75) is 148 Å². The highest BCUT2D eigenvalue weighted by Crippen LogP contribution is 2.24. The largest absolute Gasteiger partial charge is 0.480 e. The van der Waals surface area contributed by atoms with E-state index in [4.69, 9.17) is 10.5 Å². The second kappa shape index (κ2) is 29.5. The molecule has 1 rings (SSSR count). The highest BCUT2D eigenvalue weighted by molar-refractivity contribution is 5.96. The molecule has 0 aliphatic heterocycles. The number of carbonyl (C=O) groups excluding carboxylic acids is 3. The topological polar surface area (TPSA) is 160 Å². The van der Waals surface area contributed by atoms with Crippen molar-refractivity contribution in [1.82, 2.24) is 16.0 Å². The van der Waals surface area contributed by atoms with E-state index in [9.17, 15) is 24.3 Å². The van der Waals surface area contributed by atoms with Crippen LogP contribution in [0.4, 0.5) is 0 Å². The quantitative estimate of drug-likeness (QED) is 0.0449. The van der Waals surface area contributed by atoms with Crippen molar-refractivity contribution in [1.29, 1.82) is 0 Å². The van der Waals surface area contributed by atoms with Crippen LogP contribution in [0.2, 0.25) is 0 Å². The summed E-state index contributed by atoms with van der Waals surface area (Å²) in [7, 11) is 0. The molecular weight excluding hydrogens is 656 g/mol. The van der Waals surface area contributed by atoms with Crippen molar-refractivity contribution in [3.63, 3.8) is 0 Å². The van der Waals surface area contributed by atoms with Crippen LogP contribution in [0.5, 0.6) is 0 Å². The van der Waals surface area contributed by atoms with E-state index in [0.717, 1.165) is 51.4 Å². The number of nitrogens with one attached hydrogen (secondary N) is 3. The average molecular weight is 723 g/mol. The fraction of sp³-hybridized carbons (Fsp3) is 0.571. The summed E-state index contributed by atoms with van der Waals surface area (Å²) in [4.78, 5) is 49.1. The molecule has 0 bridgehead atoms. The maximum atomic E-state index is 13.1. The third kappa shape index (κ3) is 22.0. The van der Waals surface area contributed by atoms with Gasteiger partial charge in [-0.25, -0.2) is 4.79 Å². The van der Waals surface area contributed by atoms with E-state index in [1.165, 1.54) is 6.92 Å². The maximum absolute atomic E-state index is 13.1. The van der Waals surface area contributed by atoms with Crippen molar-refractivity contribution in [3.8, 4) is 0 Å². The van der Waals surface area contributed by atoms with Gasteiger partial charge < -0.3 is 31.5 Å². The molecule has 52 heavy (non-hydrogen) atoms. The summed E-state index contributed by atoms with van der Waals surface area (Å²) < 4.78 is 6.19. The molecule has 6 N–H and O–H groups in total. The third-order valence-corrected chi connectivity index (χ3v) is 8.54. The number of unbranched alkanes of at least 4 members (excludes halogenated alkanes) is 1. The Kier molecular flexibility index (Phi) is 26.1. The minimum atomic E-state index is -1.13. The van der Waals surface area contributed by atoms with E-state index in [2.05, 4.69) is 89.7 Å². The fourth-order valence-electron chi connectivity index (χ4n) is 5.57. The van der Waals surface area contributed by atoms with Crippen LogP contribution in [0.1, 0.15) is 118 Å². The predicted molar refractivity (Wildman–Crippen MR) is 211 cm³/mol. The number of carbonyl (C=O) groups is 4. The molecule has 4 atom stereocenters. The molecule has 0 saturated heterocycles. The molecule has 10 heteroatoms. The van der Waals surface area contributed by atoms with Crippen LogP contribution in [0.15, 0.2) is 84.6 Å². The maximum Gasteiger partial charge on any atom is 0.326 e. The number of carboxylic acid groups (broad SMARTS) is 1. The van der Waals surface area contributed by atoms with Gasteiger partial charge in [0.1, 0.15) is 6.04 Å². The zero-order valence-corrected chi connectivity index (χ0v) is 32.1. The summed E-state index contributed by atoms with van der Waals surface area (Å²) in [5, 5.41) is 18.1. The van der Waals surface area contributed by atoms with Gasteiger partial charge in [-0.1, -0.05) is 93.7 Å². The fourth-order valence-corrected chi connectivity index (χ4v) is 5.57. The first kappa shape index (κ1) is 46.0. The Bertz CT molecular complexity index is 1260. The smallest absolute Gasteiger partial charge is 0.326 e. The molecule has 0 saturated carbocycles. The van der Waals surface area contributed by atoms with Gasteiger partial charge in [-0.15, -0.1) is 0 Å². The molecule has 0 spiro atoms. The molecule has 290 valence electrons. The summed E-state index contributed by atoms with van der Waals surface area (Å²) in [6.07, 6.45) is 36.5. The van der Waals surface area contributed by atoms with Crippen molar-refractivity contribution < 1.29 is 29.0 Å². The molecule has 0 aromatic rings. The summed E-state index contributed by atoms with van der Waals surface area (Å²) in [5.74, 6) is -1.93. The number of aliphatic carboxylic acids is 1. The van der Waals surface area contributed by atoms with Crippen molar-refractivity contribution in [2.24, 2.45) is 5.73 Å². The number of hydrogen-bond acceptors (Lipinski definition) is 6. The second-order valence-electron chi connectivity index (χ2n) is 13.0. The molecule has 3 amide bonds. The molecule has 0 radical (unpaired) electrons. The van der Waals surface area contributed by atoms with E-state index in [1.807, 2.05) is 19.9 Å². The first-order valence-electron chi connectivity index (χ1n) is 19.2. The van der Waals surface area contributed by atoms with Crippen LogP contribution >= 0.6 is 0 Å². The van der Waals surface area contributed by atoms with Gasteiger partial charge in [0.05, 0.1) is 18.2 Å². The van der Waals surface area contributed by atoms with E-state index < -0.39 is 36.1 Å². The van der Waals surface area contributed by atoms with Gasteiger partial charge in [0.2, 0.25) is 17.7 Å². The third-order valence-electron chi connectivity index (χ3n) is 8.54. The second-order valence-corrected chi connectivity index (χ2v) is 13.0. The van der Waals surface area contributed by atoms with Gasteiger partial charge in [0.25, 0.3) is 0 Å². The Hall–Kier alpha value is -4.02. The van der Waals surface area contributed by atoms with E-state index in [1.54, 1.807) is 6.08 Å². The van der Waals surface area contributed by atoms with Gasteiger partial charge in [0.15, 0.2) is 0 Å². The van der Waals surface area contributed by atoms with Crippen LogP contribution in [0.3, 0.4) is 0 Å². The zero-order chi connectivity index (χ0) is 38.4. The first-order chi connectivity index (χ1) is 25.1. The van der Waals surface area contributed by atoms with Crippen molar-refractivity contribution in [3.05, 3.63) is 84.6 Å². The molecule has 10 nitrogen and oxygen atoms in total. The van der Waals surface area contributed by atoms with Crippen LogP contribution in [-0.4, -0.2) is 65.7 Å². The monoisotopic (exact) mass is 722 g/mol. The first-order valence-corrected chi connectivity index (χ1v) is 19.2. The Balaban J connectivity index is 2.32. The molecule has 1 aliphatic rings. The van der Waals surface area contributed by atoms with Gasteiger partial charge in [-0.3, -0.25) is 14.4 Å². The Morgan fingerprint density at radius 3 is 1.88 bits per heavy atom. The number of nitrogens with two attached hydrogens (primary N) is 1. The minimum Gasteiger partial charge on any atom is -0.480 e. The summed E-state index contributed by atoms with van der Waals surface area (Å²) >= 11 is 0. The van der Waals surface area contributed by atoms with Crippen molar-refractivity contribution in [2.75, 3.05) is 6.54 Å². The Morgan fingerprint density at radius 1 is 0.846 bits per heavy atom.